The predicted octanol–water partition coefficient (Wildman–Crippen LogP) is 3.36. The van der Waals surface area contributed by atoms with Gasteiger partial charge in [0.2, 0.25) is 0 Å². The molecule has 0 aliphatic carbocycles. The molecule has 0 bridgehead atoms. The first-order valence-electron chi connectivity index (χ1n) is 11.0. The Labute approximate surface area is 194 Å². The van der Waals surface area contributed by atoms with E-state index in [1.165, 1.54) is 6.07 Å². The minimum Gasteiger partial charge on any atom is -0.378 e. The molecule has 4 aromatic rings. The van der Waals surface area contributed by atoms with Crippen molar-refractivity contribution in [2.24, 2.45) is 0 Å². The third-order valence-corrected chi connectivity index (χ3v) is 5.80. The first-order valence-corrected chi connectivity index (χ1v) is 11.0. The molecule has 5 rings (SSSR count). The van der Waals surface area contributed by atoms with Crippen LogP contribution < -0.4 is 10.2 Å². The number of morpholine rings is 1. The van der Waals surface area contributed by atoms with E-state index in [0.29, 0.717) is 36.8 Å². The van der Waals surface area contributed by atoms with Crippen molar-refractivity contribution in [1.82, 2.24) is 29.6 Å². The van der Waals surface area contributed by atoms with E-state index in [4.69, 9.17) is 9.72 Å². The van der Waals surface area contributed by atoms with E-state index in [2.05, 4.69) is 20.3 Å². The third-order valence-electron chi connectivity index (χ3n) is 5.80. The highest BCUT2D eigenvalue weighted by Crippen LogP contribution is 2.32. The molecule has 1 aliphatic heterocycles. The number of nitrogens with one attached hydrogen (secondary N) is 1. The van der Waals surface area contributed by atoms with Gasteiger partial charge in [0, 0.05) is 44.0 Å². The molecule has 34 heavy (non-hydrogen) atoms. The van der Waals surface area contributed by atoms with Gasteiger partial charge in [-0.1, -0.05) is 12.1 Å². The second-order valence-corrected chi connectivity index (χ2v) is 8.04. The molecule has 1 saturated heterocycles. The fourth-order valence-corrected chi connectivity index (χ4v) is 4.02. The number of pyridine rings is 1. The Hall–Kier alpha value is -3.44. The van der Waals surface area contributed by atoms with Gasteiger partial charge in [0.15, 0.2) is 11.5 Å². The van der Waals surface area contributed by atoms with Crippen LogP contribution in [-0.4, -0.2) is 64.2 Å². The number of alkyl halides is 3. The Kier molecular flexibility index (Phi) is 5.96. The van der Waals surface area contributed by atoms with Gasteiger partial charge in [-0.05, 0) is 25.2 Å². The van der Waals surface area contributed by atoms with E-state index in [1.807, 2.05) is 17.7 Å². The molecule has 0 radical (unpaired) electrons. The van der Waals surface area contributed by atoms with Gasteiger partial charge in [0.25, 0.3) is 0 Å². The first-order chi connectivity index (χ1) is 16.4. The largest absolute Gasteiger partial charge is 0.416 e. The smallest absolute Gasteiger partial charge is 0.378 e. The Morgan fingerprint density at radius 1 is 1.12 bits per heavy atom. The van der Waals surface area contributed by atoms with E-state index in [1.54, 1.807) is 29.3 Å². The average molecular weight is 471 g/mol. The summed E-state index contributed by atoms with van der Waals surface area (Å²) in [5.41, 5.74) is 2.58. The van der Waals surface area contributed by atoms with Crippen molar-refractivity contribution in [3.63, 3.8) is 0 Å². The number of benzene rings is 1. The number of likely N-dealkylation sites (N-methyl/N-ethyl adjacent to an activating group) is 1. The number of fused-ring (bicyclic) bond motifs is 1. The summed E-state index contributed by atoms with van der Waals surface area (Å²) in [6, 6.07) is 8.77. The number of rotatable bonds is 6. The van der Waals surface area contributed by atoms with Crippen LogP contribution in [0.25, 0.3) is 28.2 Å². The second kappa shape index (κ2) is 9.07. The zero-order chi connectivity index (χ0) is 23.7. The Balaban J connectivity index is 1.57. The topological polar surface area (TPSA) is 73.0 Å². The van der Waals surface area contributed by atoms with Gasteiger partial charge < -0.3 is 19.5 Å². The lowest BCUT2D eigenvalue weighted by Gasteiger charge is -2.29. The van der Waals surface area contributed by atoms with Gasteiger partial charge in [-0.25, -0.2) is 14.6 Å². The van der Waals surface area contributed by atoms with Crippen molar-refractivity contribution in [3.8, 4) is 17.1 Å². The van der Waals surface area contributed by atoms with Crippen molar-refractivity contribution >= 4 is 16.9 Å². The maximum absolute atomic E-state index is 13.2. The van der Waals surface area contributed by atoms with E-state index in [-0.39, 0.29) is 0 Å². The molecule has 1 N–H and O–H groups in total. The van der Waals surface area contributed by atoms with E-state index >= 15 is 0 Å². The summed E-state index contributed by atoms with van der Waals surface area (Å²) in [6.07, 6.45) is -0.926. The second-order valence-electron chi connectivity index (χ2n) is 8.04. The van der Waals surface area contributed by atoms with E-state index < -0.39 is 11.7 Å². The third kappa shape index (κ3) is 4.36. The predicted molar refractivity (Wildman–Crippen MR) is 122 cm³/mol. The molecule has 11 heteroatoms. The summed E-state index contributed by atoms with van der Waals surface area (Å²) in [4.78, 5) is 11.6. The molecule has 0 amide bonds. The van der Waals surface area contributed by atoms with Crippen molar-refractivity contribution in [1.29, 1.82) is 0 Å². The van der Waals surface area contributed by atoms with Crippen LogP contribution in [0, 0.1) is 0 Å². The number of hydrogen-bond donors (Lipinski definition) is 1. The summed E-state index contributed by atoms with van der Waals surface area (Å²) in [6.45, 7) is 4.17. The summed E-state index contributed by atoms with van der Waals surface area (Å²) < 4.78 is 48.5. The van der Waals surface area contributed by atoms with Gasteiger partial charge in [0.05, 0.1) is 36.5 Å². The molecular formula is C23H24F3N7O. The van der Waals surface area contributed by atoms with Crippen LogP contribution in [0.3, 0.4) is 0 Å². The molecule has 0 atom stereocenters. The molecule has 1 fully saturated rings. The monoisotopic (exact) mass is 471 g/mol. The summed E-state index contributed by atoms with van der Waals surface area (Å²) >= 11 is 0. The first kappa shape index (κ1) is 22.4. The highest BCUT2D eigenvalue weighted by molar-refractivity contribution is 5.87. The molecule has 3 aromatic heterocycles. The molecule has 1 aliphatic rings. The highest BCUT2D eigenvalue weighted by atomic mass is 19.4. The Bertz CT molecular complexity index is 1290. The molecule has 1 aromatic carbocycles. The van der Waals surface area contributed by atoms with Crippen molar-refractivity contribution < 1.29 is 17.9 Å². The lowest BCUT2D eigenvalue weighted by Crippen LogP contribution is -2.36. The normalized spacial score (nSPS) is 14.8. The average Bonchev–Trinajstić information content (AvgIpc) is 3.50. The van der Waals surface area contributed by atoms with Crippen LogP contribution in [0.5, 0.6) is 0 Å². The lowest BCUT2D eigenvalue weighted by molar-refractivity contribution is -0.137. The standard InChI is InChI=1S/C23H24F3N7O/c1-27-6-8-32-15-28-21-19(31-9-11-34-12-10-31)14-20(29-22(21)32)33-7-5-18(30-33)16-3-2-4-17(13-16)23(24,25)26/h2-5,7,13-15,27H,6,8-12H2,1H3. The highest BCUT2D eigenvalue weighted by Gasteiger charge is 2.30. The molecule has 0 unspecified atom stereocenters. The summed E-state index contributed by atoms with van der Waals surface area (Å²) in [7, 11) is 1.89. The van der Waals surface area contributed by atoms with E-state index in [9.17, 15) is 13.2 Å². The van der Waals surface area contributed by atoms with E-state index in [0.717, 1.165) is 48.6 Å². The number of imidazole rings is 1. The van der Waals surface area contributed by atoms with Crippen LogP contribution in [0.1, 0.15) is 5.56 Å². The quantitative estimate of drug-likeness (QED) is 0.465. The van der Waals surface area contributed by atoms with Crippen LogP contribution in [0.15, 0.2) is 48.9 Å². The van der Waals surface area contributed by atoms with Crippen molar-refractivity contribution in [3.05, 3.63) is 54.5 Å². The number of halogens is 3. The minimum absolute atomic E-state index is 0.391. The number of hydrogen-bond acceptors (Lipinski definition) is 6. The number of ether oxygens (including phenoxy) is 1. The zero-order valence-electron chi connectivity index (χ0n) is 18.6. The SMILES string of the molecule is CNCCn1cnc2c(N3CCOCC3)cc(-n3ccc(-c4cccc(C(F)(F)F)c4)n3)nc21. The molecule has 4 heterocycles. The van der Waals surface area contributed by atoms with Gasteiger partial charge in [-0.15, -0.1) is 0 Å². The van der Waals surface area contributed by atoms with Crippen LogP contribution in [-0.2, 0) is 17.5 Å². The van der Waals surface area contributed by atoms with Gasteiger partial charge >= 0.3 is 6.18 Å². The number of anilines is 1. The molecular weight excluding hydrogens is 447 g/mol. The fourth-order valence-electron chi connectivity index (χ4n) is 4.02. The molecule has 8 nitrogen and oxygen atoms in total. The van der Waals surface area contributed by atoms with Gasteiger partial charge in [-0.3, -0.25) is 0 Å². The maximum atomic E-state index is 13.2. The molecule has 178 valence electrons. The summed E-state index contributed by atoms with van der Waals surface area (Å²) in [5, 5.41) is 7.68. The summed E-state index contributed by atoms with van der Waals surface area (Å²) in [5.74, 6) is 0.568. The van der Waals surface area contributed by atoms with Gasteiger partial charge in [0.1, 0.15) is 5.52 Å². The van der Waals surface area contributed by atoms with Crippen LogP contribution >= 0.6 is 0 Å². The zero-order valence-corrected chi connectivity index (χ0v) is 18.6. The Morgan fingerprint density at radius 3 is 2.71 bits per heavy atom. The fraction of sp³-hybridized carbons (Fsp3) is 0.348. The Morgan fingerprint density at radius 2 is 1.94 bits per heavy atom. The lowest BCUT2D eigenvalue weighted by atomic mass is 10.1. The van der Waals surface area contributed by atoms with Crippen LogP contribution in [0.4, 0.5) is 18.9 Å². The molecule has 0 saturated carbocycles. The van der Waals surface area contributed by atoms with Crippen LogP contribution in [0.2, 0.25) is 0 Å². The van der Waals surface area contributed by atoms with Crippen molar-refractivity contribution in [2.75, 3.05) is 44.8 Å². The van der Waals surface area contributed by atoms with Crippen molar-refractivity contribution in [2.45, 2.75) is 12.7 Å². The number of nitrogens with zero attached hydrogens (tertiary/aromatic N) is 6. The minimum atomic E-state index is -4.41. The number of aromatic nitrogens is 5. The maximum Gasteiger partial charge on any atom is 0.416 e. The van der Waals surface area contributed by atoms with Gasteiger partial charge in [-0.2, -0.15) is 18.3 Å². The molecule has 0 spiro atoms.